The van der Waals surface area contributed by atoms with Crippen LogP contribution in [-0.4, -0.2) is 34.8 Å². The molecule has 3 aromatic heterocycles. The lowest BCUT2D eigenvalue weighted by atomic mass is 10.3. The Morgan fingerprint density at radius 3 is 2.74 bits per heavy atom. The molecule has 0 fully saturated rings. The van der Waals surface area contributed by atoms with Crippen LogP contribution in [0.15, 0.2) is 45.6 Å². The first-order valence-electron chi connectivity index (χ1n) is 8.39. The molecule has 0 unspecified atom stereocenters. The fourth-order valence-corrected chi connectivity index (χ4v) is 4.92. The fraction of sp³-hybridized carbons (Fsp3) is 0.235. The molecule has 0 spiro atoms. The van der Waals surface area contributed by atoms with Crippen molar-refractivity contribution in [1.29, 1.82) is 0 Å². The highest BCUT2D eigenvalue weighted by Gasteiger charge is 2.27. The molecule has 1 aromatic carbocycles. The Kier molecular flexibility index (Phi) is 4.75. The zero-order valence-electron chi connectivity index (χ0n) is 14.4. The minimum Gasteiger partial charge on any atom is -0.369 e. The Balaban J connectivity index is 1.89. The minimum atomic E-state index is -3.87. The van der Waals surface area contributed by atoms with E-state index < -0.39 is 9.84 Å². The molecule has 4 rings (SSSR count). The van der Waals surface area contributed by atoms with E-state index in [0.717, 1.165) is 29.6 Å². The number of aromatic nitrogens is 4. The summed E-state index contributed by atoms with van der Waals surface area (Å²) in [6.07, 6.45) is 2.04. The van der Waals surface area contributed by atoms with Gasteiger partial charge in [-0.2, -0.15) is 4.52 Å². The van der Waals surface area contributed by atoms with Gasteiger partial charge in [0.1, 0.15) is 5.82 Å². The summed E-state index contributed by atoms with van der Waals surface area (Å²) in [5, 5.41) is 13.5. The number of halogens is 1. The third-order valence-electron chi connectivity index (χ3n) is 4.12. The topological polar surface area (TPSA) is 89.2 Å². The Labute approximate surface area is 164 Å². The molecule has 0 aliphatic rings. The van der Waals surface area contributed by atoms with Gasteiger partial charge in [0, 0.05) is 11.6 Å². The number of hydrogen-bond acceptors (Lipinski definition) is 7. The third kappa shape index (κ3) is 3.15. The molecule has 0 amide bonds. The Hall–Kier alpha value is -2.23. The van der Waals surface area contributed by atoms with Crippen LogP contribution in [0.4, 0.5) is 5.82 Å². The van der Waals surface area contributed by atoms with Gasteiger partial charge in [0.25, 0.3) is 0 Å². The number of anilines is 1. The molecule has 3 heterocycles. The highest BCUT2D eigenvalue weighted by molar-refractivity contribution is 7.91. The molecule has 0 radical (unpaired) electrons. The first kappa shape index (κ1) is 18.1. The molecule has 0 aliphatic heterocycles. The van der Waals surface area contributed by atoms with Crippen LogP contribution < -0.4 is 5.32 Å². The van der Waals surface area contributed by atoms with Gasteiger partial charge >= 0.3 is 0 Å². The Morgan fingerprint density at radius 1 is 1.22 bits per heavy atom. The van der Waals surface area contributed by atoms with Gasteiger partial charge in [0.05, 0.1) is 15.1 Å². The van der Waals surface area contributed by atoms with E-state index in [1.54, 1.807) is 0 Å². The van der Waals surface area contributed by atoms with E-state index in [9.17, 15) is 8.42 Å². The van der Waals surface area contributed by atoms with Gasteiger partial charge in [-0.05, 0) is 42.1 Å². The lowest BCUT2D eigenvalue weighted by molar-refractivity contribution is 0.592. The molecular formula is C17H16ClN5O2S2. The van der Waals surface area contributed by atoms with Gasteiger partial charge in [0.15, 0.2) is 5.65 Å². The summed E-state index contributed by atoms with van der Waals surface area (Å²) in [6.45, 7) is 2.87. The van der Waals surface area contributed by atoms with Gasteiger partial charge in [-0.1, -0.05) is 30.2 Å². The van der Waals surface area contributed by atoms with E-state index in [2.05, 4.69) is 27.5 Å². The second-order valence-corrected chi connectivity index (χ2v) is 9.18. The predicted molar refractivity (Wildman–Crippen MR) is 106 cm³/mol. The van der Waals surface area contributed by atoms with Crippen molar-refractivity contribution in [2.45, 2.75) is 29.7 Å². The van der Waals surface area contributed by atoms with Gasteiger partial charge in [-0.15, -0.1) is 16.4 Å². The summed E-state index contributed by atoms with van der Waals surface area (Å²) in [6, 6.07) is 7.84. The van der Waals surface area contributed by atoms with Crippen LogP contribution in [0.1, 0.15) is 19.8 Å². The summed E-state index contributed by atoms with van der Waals surface area (Å²) in [4.78, 5) is 4.65. The monoisotopic (exact) mass is 421 g/mol. The molecule has 27 heavy (non-hydrogen) atoms. The van der Waals surface area contributed by atoms with Gasteiger partial charge in [-0.25, -0.2) is 13.4 Å². The Bertz CT molecular complexity index is 1220. The van der Waals surface area contributed by atoms with Crippen LogP contribution in [0.25, 0.3) is 15.9 Å². The van der Waals surface area contributed by atoms with Crippen LogP contribution in [0.3, 0.4) is 0 Å². The number of sulfone groups is 1. The maximum absolute atomic E-state index is 13.0. The van der Waals surface area contributed by atoms with Crippen molar-refractivity contribution in [1.82, 2.24) is 19.8 Å². The van der Waals surface area contributed by atoms with Crippen LogP contribution >= 0.6 is 22.9 Å². The van der Waals surface area contributed by atoms with Crippen LogP contribution in [0.2, 0.25) is 5.02 Å². The summed E-state index contributed by atoms with van der Waals surface area (Å²) in [5.41, 5.74) is 0.976. The maximum atomic E-state index is 13.0. The standard InChI is InChI=1S/C17H16ClN5O2S2/c1-2-3-9-19-15-14-13(8-10-26-14)23-16(20-15)17(21-22-23)27(24,25)12-6-4-11(18)5-7-12/h4-8,10H,2-3,9H2,1H3,(H,19,20). The molecule has 0 saturated heterocycles. The molecular weight excluding hydrogens is 406 g/mol. The van der Waals surface area contributed by atoms with Crippen LogP contribution in [-0.2, 0) is 9.84 Å². The molecule has 4 aromatic rings. The molecule has 140 valence electrons. The number of fused-ring (bicyclic) bond motifs is 3. The molecule has 0 atom stereocenters. The van der Waals surface area contributed by atoms with E-state index >= 15 is 0 Å². The summed E-state index contributed by atoms with van der Waals surface area (Å²) >= 11 is 7.39. The zero-order valence-corrected chi connectivity index (χ0v) is 16.8. The SMILES string of the molecule is CCCCNc1nc2c(S(=O)(=O)c3ccc(Cl)cc3)nnn2c2ccsc12. The highest BCUT2D eigenvalue weighted by Crippen LogP contribution is 2.31. The number of nitrogens with zero attached hydrogens (tertiary/aromatic N) is 4. The lowest BCUT2D eigenvalue weighted by Gasteiger charge is -2.07. The van der Waals surface area contributed by atoms with Crippen molar-refractivity contribution in [2.24, 2.45) is 0 Å². The van der Waals surface area contributed by atoms with E-state index in [-0.39, 0.29) is 15.6 Å². The maximum Gasteiger partial charge on any atom is 0.229 e. The average molecular weight is 422 g/mol. The molecule has 0 bridgehead atoms. The summed E-state index contributed by atoms with van der Waals surface area (Å²) < 4.78 is 28.5. The number of benzene rings is 1. The number of nitrogens with one attached hydrogen (secondary N) is 1. The third-order valence-corrected chi connectivity index (χ3v) is 6.95. The minimum absolute atomic E-state index is 0.0991. The second-order valence-electron chi connectivity index (χ2n) is 5.96. The highest BCUT2D eigenvalue weighted by atomic mass is 35.5. The molecule has 7 nitrogen and oxygen atoms in total. The molecule has 0 aliphatic carbocycles. The molecule has 0 saturated carbocycles. The van der Waals surface area contributed by atoms with E-state index in [0.29, 0.717) is 10.8 Å². The summed E-state index contributed by atoms with van der Waals surface area (Å²) in [7, 11) is -3.87. The van der Waals surface area contributed by atoms with Crippen LogP contribution in [0.5, 0.6) is 0 Å². The van der Waals surface area contributed by atoms with E-state index in [1.807, 2.05) is 11.4 Å². The van der Waals surface area contributed by atoms with Crippen molar-refractivity contribution in [2.75, 3.05) is 11.9 Å². The largest absolute Gasteiger partial charge is 0.369 e. The van der Waals surface area contributed by atoms with Crippen molar-refractivity contribution in [3.63, 3.8) is 0 Å². The van der Waals surface area contributed by atoms with E-state index in [4.69, 9.17) is 11.6 Å². The first-order chi connectivity index (χ1) is 13.0. The van der Waals surface area contributed by atoms with Crippen LogP contribution in [0, 0.1) is 0 Å². The van der Waals surface area contributed by atoms with Gasteiger partial charge in [-0.3, -0.25) is 0 Å². The quantitative estimate of drug-likeness (QED) is 0.472. The average Bonchev–Trinajstić information content (AvgIpc) is 3.29. The molecule has 1 N–H and O–H groups in total. The van der Waals surface area contributed by atoms with Gasteiger partial charge in [0.2, 0.25) is 14.9 Å². The first-order valence-corrected chi connectivity index (χ1v) is 11.1. The fourth-order valence-electron chi connectivity index (χ4n) is 2.73. The van der Waals surface area contributed by atoms with Crippen molar-refractivity contribution < 1.29 is 8.42 Å². The Morgan fingerprint density at radius 2 is 2.00 bits per heavy atom. The van der Waals surface area contributed by atoms with Crippen molar-refractivity contribution in [3.05, 3.63) is 40.7 Å². The number of thiophene rings is 1. The number of unbranched alkanes of at least 4 members (excludes halogenated alkanes) is 1. The second kappa shape index (κ2) is 7.06. The summed E-state index contributed by atoms with van der Waals surface area (Å²) in [5.74, 6) is 0.649. The number of hydrogen-bond donors (Lipinski definition) is 1. The normalized spacial score (nSPS) is 12.1. The van der Waals surface area contributed by atoms with Crippen molar-refractivity contribution in [3.8, 4) is 0 Å². The van der Waals surface area contributed by atoms with Crippen molar-refractivity contribution >= 4 is 54.5 Å². The number of rotatable bonds is 6. The molecule has 10 heteroatoms. The van der Waals surface area contributed by atoms with Gasteiger partial charge < -0.3 is 5.32 Å². The lowest BCUT2D eigenvalue weighted by Crippen LogP contribution is -2.07. The van der Waals surface area contributed by atoms with E-state index in [1.165, 1.54) is 40.1 Å². The predicted octanol–water partition coefficient (Wildman–Crippen LogP) is 4.04. The smallest absolute Gasteiger partial charge is 0.229 e. The zero-order chi connectivity index (χ0) is 19.0.